The van der Waals surface area contributed by atoms with E-state index in [1.807, 2.05) is 18.2 Å². The lowest BCUT2D eigenvalue weighted by molar-refractivity contribution is 0.0860. The quantitative estimate of drug-likeness (QED) is 0.879. The molecular formula is C13H20BrNO2. The Morgan fingerprint density at radius 1 is 1.41 bits per heavy atom. The molecule has 1 rings (SSSR count). The molecule has 0 bridgehead atoms. The predicted molar refractivity (Wildman–Crippen MR) is 73.0 cm³/mol. The fourth-order valence-corrected chi connectivity index (χ4v) is 2.44. The molecule has 2 unspecified atom stereocenters. The molecule has 1 aromatic rings. The average molecular weight is 302 g/mol. The van der Waals surface area contributed by atoms with E-state index in [9.17, 15) is 5.11 Å². The molecule has 3 nitrogen and oxygen atoms in total. The Balaban J connectivity index is 2.95. The van der Waals surface area contributed by atoms with E-state index in [1.54, 1.807) is 7.11 Å². The van der Waals surface area contributed by atoms with Crippen LogP contribution in [0.5, 0.6) is 5.75 Å². The SMILES string of the molecule is COc1ccc(C(O)C(CN)C(C)C)cc1Br. The van der Waals surface area contributed by atoms with Gasteiger partial charge in [0.2, 0.25) is 0 Å². The van der Waals surface area contributed by atoms with Crippen molar-refractivity contribution < 1.29 is 9.84 Å². The number of aliphatic hydroxyl groups is 1. The van der Waals surface area contributed by atoms with E-state index >= 15 is 0 Å². The van der Waals surface area contributed by atoms with Crippen LogP contribution in [-0.4, -0.2) is 18.8 Å². The first-order valence-corrected chi connectivity index (χ1v) is 6.52. The topological polar surface area (TPSA) is 55.5 Å². The summed E-state index contributed by atoms with van der Waals surface area (Å²) >= 11 is 3.42. The summed E-state index contributed by atoms with van der Waals surface area (Å²) in [5, 5.41) is 10.3. The van der Waals surface area contributed by atoms with E-state index in [4.69, 9.17) is 10.5 Å². The van der Waals surface area contributed by atoms with Gasteiger partial charge < -0.3 is 15.6 Å². The van der Waals surface area contributed by atoms with E-state index in [2.05, 4.69) is 29.8 Å². The molecule has 0 fully saturated rings. The minimum atomic E-state index is -0.540. The summed E-state index contributed by atoms with van der Waals surface area (Å²) in [6.07, 6.45) is -0.540. The molecule has 3 N–H and O–H groups in total. The summed E-state index contributed by atoms with van der Waals surface area (Å²) in [7, 11) is 1.62. The van der Waals surface area contributed by atoms with Gasteiger partial charge in [-0.2, -0.15) is 0 Å². The number of aliphatic hydroxyl groups excluding tert-OH is 1. The summed E-state index contributed by atoms with van der Waals surface area (Å²) < 4.78 is 6.00. The van der Waals surface area contributed by atoms with Crippen LogP contribution in [0.3, 0.4) is 0 Å². The van der Waals surface area contributed by atoms with Gasteiger partial charge in [-0.25, -0.2) is 0 Å². The first-order valence-electron chi connectivity index (χ1n) is 5.72. The number of methoxy groups -OCH3 is 1. The van der Waals surface area contributed by atoms with Crippen molar-refractivity contribution in [1.29, 1.82) is 0 Å². The number of hydrogen-bond acceptors (Lipinski definition) is 3. The number of hydrogen-bond donors (Lipinski definition) is 2. The number of halogens is 1. The molecule has 0 heterocycles. The molecule has 96 valence electrons. The van der Waals surface area contributed by atoms with Gasteiger partial charge in [0.05, 0.1) is 17.7 Å². The maximum atomic E-state index is 10.3. The van der Waals surface area contributed by atoms with Gasteiger partial charge in [-0.15, -0.1) is 0 Å². The Labute approximate surface area is 111 Å². The van der Waals surface area contributed by atoms with Crippen LogP contribution in [0.2, 0.25) is 0 Å². The summed E-state index contributed by atoms with van der Waals surface area (Å²) in [6, 6.07) is 5.60. The Kier molecular flexibility index (Phi) is 5.43. The Morgan fingerprint density at radius 2 is 2.06 bits per heavy atom. The molecule has 0 aliphatic carbocycles. The molecule has 0 aliphatic rings. The van der Waals surface area contributed by atoms with Crippen molar-refractivity contribution in [2.45, 2.75) is 20.0 Å². The van der Waals surface area contributed by atoms with Gasteiger partial charge in [-0.3, -0.25) is 0 Å². The van der Waals surface area contributed by atoms with E-state index in [1.165, 1.54) is 0 Å². The summed E-state index contributed by atoms with van der Waals surface area (Å²) in [5.41, 5.74) is 6.57. The van der Waals surface area contributed by atoms with Gasteiger partial charge in [0.25, 0.3) is 0 Å². The molecule has 0 saturated heterocycles. The first kappa shape index (κ1) is 14.5. The zero-order valence-electron chi connectivity index (χ0n) is 10.5. The number of benzene rings is 1. The van der Waals surface area contributed by atoms with Crippen LogP contribution in [0.25, 0.3) is 0 Å². The highest BCUT2D eigenvalue weighted by molar-refractivity contribution is 9.10. The average Bonchev–Trinajstić information content (AvgIpc) is 2.29. The molecule has 0 aliphatic heterocycles. The minimum Gasteiger partial charge on any atom is -0.496 e. The molecular weight excluding hydrogens is 282 g/mol. The fraction of sp³-hybridized carbons (Fsp3) is 0.538. The van der Waals surface area contributed by atoms with Crippen LogP contribution in [-0.2, 0) is 0 Å². The van der Waals surface area contributed by atoms with Crippen molar-refractivity contribution in [2.24, 2.45) is 17.6 Å². The van der Waals surface area contributed by atoms with Crippen LogP contribution in [0.1, 0.15) is 25.5 Å². The Bertz CT molecular complexity index is 368. The summed E-state index contributed by atoms with van der Waals surface area (Å²) in [5.74, 6) is 1.17. The second-order valence-electron chi connectivity index (χ2n) is 4.48. The van der Waals surface area contributed by atoms with E-state index in [0.29, 0.717) is 12.5 Å². The van der Waals surface area contributed by atoms with Crippen LogP contribution in [0.4, 0.5) is 0 Å². The van der Waals surface area contributed by atoms with Crippen molar-refractivity contribution in [3.05, 3.63) is 28.2 Å². The minimum absolute atomic E-state index is 0.0651. The maximum Gasteiger partial charge on any atom is 0.133 e. The zero-order valence-corrected chi connectivity index (χ0v) is 12.1. The second kappa shape index (κ2) is 6.38. The molecule has 2 atom stereocenters. The molecule has 0 aromatic heterocycles. The molecule has 4 heteroatoms. The van der Waals surface area contributed by atoms with Crippen LogP contribution in [0, 0.1) is 11.8 Å². The van der Waals surface area contributed by atoms with Crippen molar-refractivity contribution in [3.63, 3.8) is 0 Å². The highest BCUT2D eigenvalue weighted by atomic mass is 79.9. The van der Waals surface area contributed by atoms with Gasteiger partial charge in [0.1, 0.15) is 5.75 Å². The highest BCUT2D eigenvalue weighted by Gasteiger charge is 2.23. The highest BCUT2D eigenvalue weighted by Crippen LogP contribution is 2.32. The normalized spacial score (nSPS) is 14.8. The smallest absolute Gasteiger partial charge is 0.133 e. The van der Waals surface area contributed by atoms with Crippen molar-refractivity contribution in [1.82, 2.24) is 0 Å². The van der Waals surface area contributed by atoms with Crippen LogP contribution in [0.15, 0.2) is 22.7 Å². The largest absolute Gasteiger partial charge is 0.496 e. The third-order valence-corrected chi connectivity index (χ3v) is 3.67. The van der Waals surface area contributed by atoms with Gasteiger partial charge >= 0.3 is 0 Å². The molecule has 0 saturated carbocycles. The van der Waals surface area contributed by atoms with E-state index in [0.717, 1.165) is 15.8 Å². The van der Waals surface area contributed by atoms with Gasteiger partial charge in [0.15, 0.2) is 0 Å². The molecule has 0 amide bonds. The zero-order chi connectivity index (χ0) is 13.0. The molecule has 1 aromatic carbocycles. The van der Waals surface area contributed by atoms with Crippen LogP contribution < -0.4 is 10.5 Å². The number of nitrogens with two attached hydrogens (primary N) is 1. The van der Waals surface area contributed by atoms with Gasteiger partial charge in [0, 0.05) is 5.92 Å². The number of rotatable bonds is 5. The lowest BCUT2D eigenvalue weighted by Gasteiger charge is -2.25. The molecule has 0 radical (unpaired) electrons. The van der Waals surface area contributed by atoms with Gasteiger partial charge in [-0.1, -0.05) is 19.9 Å². The number of ether oxygens (including phenoxy) is 1. The fourth-order valence-electron chi connectivity index (χ4n) is 1.88. The Hall–Kier alpha value is -0.580. The van der Waals surface area contributed by atoms with Crippen molar-refractivity contribution in [3.8, 4) is 5.75 Å². The molecule has 17 heavy (non-hydrogen) atoms. The predicted octanol–water partition coefficient (Wildman–Crippen LogP) is 2.72. The van der Waals surface area contributed by atoms with Gasteiger partial charge in [-0.05, 0) is 46.1 Å². The van der Waals surface area contributed by atoms with E-state index < -0.39 is 6.10 Å². The monoisotopic (exact) mass is 301 g/mol. The first-order chi connectivity index (χ1) is 8.01. The van der Waals surface area contributed by atoms with Crippen molar-refractivity contribution >= 4 is 15.9 Å². The Morgan fingerprint density at radius 3 is 2.47 bits per heavy atom. The second-order valence-corrected chi connectivity index (χ2v) is 5.34. The van der Waals surface area contributed by atoms with E-state index in [-0.39, 0.29) is 5.92 Å². The third kappa shape index (κ3) is 3.44. The summed E-state index contributed by atoms with van der Waals surface area (Å²) in [4.78, 5) is 0. The maximum absolute atomic E-state index is 10.3. The molecule has 0 spiro atoms. The lowest BCUT2D eigenvalue weighted by atomic mass is 9.86. The lowest BCUT2D eigenvalue weighted by Crippen LogP contribution is -2.26. The van der Waals surface area contributed by atoms with Crippen LogP contribution >= 0.6 is 15.9 Å². The van der Waals surface area contributed by atoms with Crippen molar-refractivity contribution in [2.75, 3.05) is 13.7 Å². The standard InChI is InChI=1S/C13H20BrNO2/c1-8(2)10(7-15)13(16)9-4-5-12(17-3)11(14)6-9/h4-6,8,10,13,16H,7,15H2,1-3H3. The summed E-state index contributed by atoms with van der Waals surface area (Å²) in [6.45, 7) is 4.61. The third-order valence-electron chi connectivity index (χ3n) is 3.05.